The van der Waals surface area contributed by atoms with Gasteiger partial charge in [0.25, 0.3) is 0 Å². The van der Waals surface area contributed by atoms with E-state index in [0.717, 1.165) is 37.8 Å². The van der Waals surface area contributed by atoms with E-state index in [9.17, 15) is 0 Å². The molecule has 1 aliphatic heterocycles. The lowest BCUT2D eigenvalue weighted by atomic mass is 10.2. The highest BCUT2D eigenvalue weighted by molar-refractivity contribution is 5.44. The van der Waals surface area contributed by atoms with Crippen LogP contribution in [0.1, 0.15) is 5.69 Å². The number of nitrogens with zero attached hydrogens (tertiary/aromatic N) is 3. The third-order valence-electron chi connectivity index (χ3n) is 2.79. The number of anilines is 1. The van der Waals surface area contributed by atoms with Crippen molar-refractivity contribution >= 4 is 5.82 Å². The van der Waals surface area contributed by atoms with E-state index in [4.69, 9.17) is 4.74 Å². The second kappa shape index (κ2) is 5.23. The zero-order valence-electron chi connectivity index (χ0n) is 9.81. The number of morpholine rings is 1. The summed E-state index contributed by atoms with van der Waals surface area (Å²) in [4.78, 5) is 11.0. The number of hydrogen-bond donors (Lipinski definition) is 1. The SMILES string of the molecule is CNCC1COCCN1c1nccnc1C. The first-order chi connectivity index (χ1) is 7.83. The molecule has 5 heteroatoms. The minimum absolute atomic E-state index is 0.342. The third-order valence-corrected chi connectivity index (χ3v) is 2.79. The van der Waals surface area contributed by atoms with Crippen molar-refractivity contribution in [1.29, 1.82) is 0 Å². The van der Waals surface area contributed by atoms with Crippen LogP contribution in [0.5, 0.6) is 0 Å². The fraction of sp³-hybridized carbons (Fsp3) is 0.636. The molecule has 88 valence electrons. The van der Waals surface area contributed by atoms with E-state index in [1.807, 2.05) is 14.0 Å². The highest BCUT2D eigenvalue weighted by atomic mass is 16.5. The molecule has 2 heterocycles. The average Bonchev–Trinajstić information content (AvgIpc) is 2.31. The van der Waals surface area contributed by atoms with Gasteiger partial charge < -0.3 is 15.0 Å². The lowest BCUT2D eigenvalue weighted by Gasteiger charge is -2.36. The standard InChI is InChI=1S/C11H18N4O/c1-9-11(14-4-3-13-9)15-5-6-16-8-10(15)7-12-2/h3-4,10,12H,5-8H2,1-2H3. The van der Waals surface area contributed by atoms with Crippen molar-refractivity contribution in [2.24, 2.45) is 0 Å². The summed E-state index contributed by atoms with van der Waals surface area (Å²) in [6.07, 6.45) is 3.47. The molecule has 1 unspecified atom stereocenters. The van der Waals surface area contributed by atoms with Crippen molar-refractivity contribution in [3.8, 4) is 0 Å². The van der Waals surface area contributed by atoms with Crippen molar-refractivity contribution in [2.45, 2.75) is 13.0 Å². The van der Waals surface area contributed by atoms with Crippen molar-refractivity contribution in [2.75, 3.05) is 38.3 Å². The fourth-order valence-corrected chi connectivity index (χ4v) is 2.02. The number of likely N-dealkylation sites (N-methyl/N-ethyl adjacent to an activating group) is 1. The van der Waals surface area contributed by atoms with Crippen molar-refractivity contribution < 1.29 is 4.74 Å². The molecular weight excluding hydrogens is 204 g/mol. The van der Waals surface area contributed by atoms with Gasteiger partial charge in [-0.1, -0.05) is 0 Å². The van der Waals surface area contributed by atoms with Crippen LogP contribution in [0.2, 0.25) is 0 Å². The van der Waals surface area contributed by atoms with Gasteiger partial charge in [0.2, 0.25) is 0 Å². The van der Waals surface area contributed by atoms with Crippen LogP contribution in [0.3, 0.4) is 0 Å². The van der Waals surface area contributed by atoms with Gasteiger partial charge in [0, 0.05) is 25.5 Å². The Kier molecular flexibility index (Phi) is 3.69. The summed E-state index contributed by atoms with van der Waals surface area (Å²) < 4.78 is 5.50. The average molecular weight is 222 g/mol. The van der Waals surface area contributed by atoms with E-state index in [1.54, 1.807) is 12.4 Å². The molecule has 1 aromatic heterocycles. The van der Waals surface area contributed by atoms with Crippen LogP contribution in [0.25, 0.3) is 0 Å². The van der Waals surface area contributed by atoms with Gasteiger partial charge in [-0.05, 0) is 14.0 Å². The maximum Gasteiger partial charge on any atom is 0.150 e. The molecule has 0 saturated carbocycles. The largest absolute Gasteiger partial charge is 0.377 e. The van der Waals surface area contributed by atoms with Gasteiger partial charge in [-0.25, -0.2) is 4.98 Å². The Bertz CT molecular complexity index is 343. The molecule has 0 bridgehead atoms. The van der Waals surface area contributed by atoms with E-state index < -0.39 is 0 Å². The summed E-state index contributed by atoms with van der Waals surface area (Å²) in [5.41, 5.74) is 0.977. The normalized spacial score (nSPS) is 21.1. The van der Waals surface area contributed by atoms with Gasteiger partial charge in [-0.3, -0.25) is 4.98 Å². The molecule has 16 heavy (non-hydrogen) atoms. The summed E-state index contributed by atoms with van der Waals surface area (Å²) in [5.74, 6) is 0.978. The zero-order valence-corrected chi connectivity index (χ0v) is 9.81. The minimum Gasteiger partial charge on any atom is -0.377 e. The first kappa shape index (κ1) is 11.3. The van der Waals surface area contributed by atoms with E-state index in [-0.39, 0.29) is 0 Å². The fourth-order valence-electron chi connectivity index (χ4n) is 2.02. The number of ether oxygens (including phenoxy) is 1. The van der Waals surface area contributed by atoms with Gasteiger partial charge in [-0.15, -0.1) is 0 Å². The predicted octanol–water partition coefficient (Wildman–Crippen LogP) is 0.210. The first-order valence-corrected chi connectivity index (χ1v) is 5.59. The summed E-state index contributed by atoms with van der Waals surface area (Å²) in [6.45, 7) is 5.28. The molecule has 2 rings (SSSR count). The lowest BCUT2D eigenvalue weighted by Crippen LogP contribution is -2.50. The monoisotopic (exact) mass is 222 g/mol. The van der Waals surface area contributed by atoms with Crippen LogP contribution in [0, 0.1) is 6.92 Å². The van der Waals surface area contributed by atoms with Crippen molar-refractivity contribution in [3.05, 3.63) is 18.1 Å². The molecule has 1 aromatic rings. The minimum atomic E-state index is 0.342. The maximum absolute atomic E-state index is 5.50. The van der Waals surface area contributed by atoms with Gasteiger partial charge in [0.1, 0.15) is 5.82 Å². The topological polar surface area (TPSA) is 50.3 Å². The van der Waals surface area contributed by atoms with Gasteiger partial charge in [0.15, 0.2) is 0 Å². The Morgan fingerprint density at radius 3 is 3.06 bits per heavy atom. The molecular formula is C11H18N4O. The molecule has 1 fully saturated rings. The van der Waals surface area contributed by atoms with Crippen molar-refractivity contribution in [3.63, 3.8) is 0 Å². The molecule has 5 nitrogen and oxygen atoms in total. The van der Waals surface area contributed by atoms with Crippen LogP contribution in [0.15, 0.2) is 12.4 Å². The third kappa shape index (κ3) is 2.31. The van der Waals surface area contributed by atoms with E-state index in [2.05, 4.69) is 20.2 Å². The highest BCUT2D eigenvalue weighted by Crippen LogP contribution is 2.18. The summed E-state index contributed by atoms with van der Waals surface area (Å²) >= 11 is 0. The molecule has 0 aromatic carbocycles. The molecule has 0 spiro atoms. The van der Waals surface area contributed by atoms with Crippen LogP contribution in [-0.4, -0.2) is 49.4 Å². The Morgan fingerprint density at radius 2 is 2.31 bits per heavy atom. The number of aromatic nitrogens is 2. The van der Waals surface area contributed by atoms with E-state index >= 15 is 0 Å². The van der Waals surface area contributed by atoms with Gasteiger partial charge >= 0.3 is 0 Å². The van der Waals surface area contributed by atoms with Crippen molar-refractivity contribution in [1.82, 2.24) is 15.3 Å². The van der Waals surface area contributed by atoms with Crippen LogP contribution in [-0.2, 0) is 4.74 Å². The van der Waals surface area contributed by atoms with Crippen LogP contribution in [0.4, 0.5) is 5.82 Å². The summed E-state index contributed by atoms with van der Waals surface area (Å²) in [6, 6.07) is 0.342. The molecule has 1 N–H and O–H groups in total. The lowest BCUT2D eigenvalue weighted by molar-refractivity contribution is 0.0938. The van der Waals surface area contributed by atoms with E-state index in [1.165, 1.54) is 0 Å². The number of rotatable bonds is 3. The Hall–Kier alpha value is -1.20. The molecule has 0 radical (unpaired) electrons. The number of aryl methyl sites for hydroxylation is 1. The molecule has 0 amide bonds. The number of nitrogens with one attached hydrogen (secondary N) is 1. The van der Waals surface area contributed by atoms with Crippen LogP contribution >= 0.6 is 0 Å². The van der Waals surface area contributed by atoms with E-state index in [0.29, 0.717) is 6.04 Å². The van der Waals surface area contributed by atoms with Crippen LogP contribution < -0.4 is 10.2 Å². The molecule has 0 aliphatic carbocycles. The van der Waals surface area contributed by atoms with Gasteiger partial charge in [0.05, 0.1) is 24.9 Å². The molecule has 1 aliphatic rings. The molecule has 1 saturated heterocycles. The second-order valence-electron chi connectivity index (χ2n) is 3.95. The maximum atomic E-state index is 5.50. The molecule has 1 atom stereocenters. The quantitative estimate of drug-likeness (QED) is 0.792. The van der Waals surface area contributed by atoms with Gasteiger partial charge in [-0.2, -0.15) is 0 Å². The summed E-state index contributed by atoms with van der Waals surface area (Å²) in [5, 5.41) is 3.19. The highest BCUT2D eigenvalue weighted by Gasteiger charge is 2.24. The Labute approximate surface area is 95.8 Å². The Balaban J connectivity index is 2.19. The summed E-state index contributed by atoms with van der Waals surface area (Å²) in [7, 11) is 1.95. The predicted molar refractivity (Wildman–Crippen MR) is 62.6 cm³/mol. The second-order valence-corrected chi connectivity index (χ2v) is 3.95. The Morgan fingerprint density at radius 1 is 1.50 bits per heavy atom. The smallest absolute Gasteiger partial charge is 0.150 e. The first-order valence-electron chi connectivity index (χ1n) is 5.59. The number of hydrogen-bond acceptors (Lipinski definition) is 5. The zero-order chi connectivity index (χ0) is 11.4.